The van der Waals surface area contributed by atoms with Gasteiger partial charge < -0.3 is 19.3 Å². The molecule has 2 fully saturated rings. The molecule has 0 aliphatic carbocycles. The zero-order valence-electron chi connectivity index (χ0n) is 18.5. The van der Waals surface area contributed by atoms with Gasteiger partial charge in [0.15, 0.2) is 11.4 Å². The fourth-order valence-corrected chi connectivity index (χ4v) is 5.10. The van der Waals surface area contributed by atoms with E-state index in [1.807, 2.05) is 14.4 Å². The quantitative estimate of drug-likeness (QED) is 0.490. The maximum atomic E-state index is 13.4. The minimum atomic E-state index is -0.604. The number of hydrogen-bond acceptors (Lipinski definition) is 5. The SMILES string of the molecule is C=C/C=C\C=C(/C=C)CNC(=O)c1cn2c(c(OP)c1=O)C(=O)N1C[C@@H]3CCCCN3[C@@H]1C2. The summed E-state index contributed by atoms with van der Waals surface area (Å²) in [6.07, 6.45) is 13.4. The van der Waals surface area contributed by atoms with Crippen molar-refractivity contribution in [1.29, 1.82) is 0 Å². The molecule has 33 heavy (non-hydrogen) atoms. The predicted octanol–water partition coefficient (Wildman–Crippen LogP) is 2.25. The van der Waals surface area contributed by atoms with Crippen LogP contribution in [0.5, 0.6) is 5.75 Å². The van der Waals surface area contributed by atoms with E-state index in [9.17, 15) is 14.4 Å². The molecule has 3 atom stereocenters. The zero-order chi connectivity index (χ0) is 23.5. The predicted molar refractivity (Wildman–Crippen MR) is 130 cm³/mol. The first-order valence-electron chi connectivity index (χ1n) is 11.1. The Kier molecular flexibility index (Phi) is 6.96. The zero-order valence-corrected chi connectivity index (χ0v) is 19.7. The average Bonchev–Trinajstić information content (AvgIpc) is 3.20. The van der Waals surface area contributed by atoms with Gasteiger partial charge in [-0.05, 0) is 18.4 Å². The van der Waals surface area contributed by atoms with Crippen LogP contribution in [0.1, 0.15) is 40.1 Å². The van der Waals surface area contributed by atoms with Crippen molar-refractivity contribution in [2.24, 2.45) is 0 Å². The van der Waals surface area contributed by atoms with Crippen LogP contribution < -0.4 is 15.3 Å². The van der Waals surface area contributed by atoms with E-state index in [4.69, 9.17) is 4.52 Å². The standard InChI is InChI=1S/C24H29N4O4P/c1-3-5-6-9-16(4-2)12-25-23(30)18-14-26-15-19-27-11-8-7-10-17(27)13-28(19)24(31)20(26)22(32-33)21(18)29/h3-6,9,14,17,19H,1-2,7-8,10-13,15,33H2,(H,25,30)/b6-5-,16-9+/t17-,19-/m0/s1. The normalized spacial score (nSPS) is 22.5. The molecular formula is C24H29N4O4P. The molecule has 1 unspecified atom stereocenters. The van der Waals surface area contributed by atoms with Gasteiger partial charge in [-0.2, -0.15) is 0 Å². The number of aromatic nitrogens is 1. The number of allylic oxidation sites excluding steroid dienone is 4. The summed E-state index contributed by atoms with van der Waals surface area (Å²) in [5.74, 6) is -0.876. The molecule has 1 aromatic heterocycles. The largest absolute Gasteiger partial charge is 0.474 e. The summed E-state index contributed by atoms with van der Waals surface area (Å²) in [7, 11) is 2.03. The van der Waals surface area contributed by atoms with Crippen LogP contribution in [0, 0.1) is 0 Å². The van der Waals surface area contributed by atoms with Crippen molar-refractivity contribution in [3.8, 4) is 5.75 Å². The van der Waals surface area contributed by atoms with Gasteiger partial charge in [-0.15, -0.1) is 0 Å². The molecule has 1 aromatic rings. The van der Waals surface area contributed by atoms with E-state index >= 15 is 0 Å². The molecule has 0 radical (unpaired) electrons. The third-order valence-corrected chi connectivity index (χ3v) is 6.76. The van der Waals surface area contributed by atoms with Gasteiger partial charge in [0.2, 0.25) is 5.43 Å². The number of nitrogens with zero attached hydrogens (tertiary/aromatic N) is 3. The van der Waals surface area contributed by atoms with Crippen molar-refractivity contribution < 1.29 is 14.1 Å². The summed E-state index contributed by atoms with van der Waals surface area (Å²) >= 11 is 0. The van der Waals surface area contributed by atoms with Gasteiger partial charge in [-0.25, -0.2) is 0 Å². The lowest BCUT2D eigenvalue weighted by atomic mass is 10.0. The van der Waals surface area contributed by atoms with Crippen LogP contribution in [0.3, 0.4) is 0 Å². The van der Waals surface area contributed by atoms with Crippen LogP contribution in [-0.4, -0.2) is 58.0 Å². The number of fused-ring (bicyclic) bond motifs is 4. The maximum Gasteiger partial charge on any atom is 0.275 e. The monoisotopic (exact) mass is 468 g/mol. The molecular weight excluding hydrogens is 439 g/mol. The number of piperidine rings is 1. The first-order valence-corrected chi connectivity index (χ1v) is 11.6. The smallest absolute Gasteiger partial charge is 0.275 e. The molecule has 3 aliphatic heterocycles. The van der Waals surface area contributed by atoms with Crippen molar-refractivity contribution in [3.05, 3.63) is 76.8 Å². The summed E-state index contributed by atoms with van der Waals surface area (Å²) in [6, 6.07) is 0.344. The molecule has 3 aliphatic rings. The highest BCUT2D eigenvalue weighted by molar-refractivity contribution is 7.10. The first kappa shape index (κ1) is 23.2. The number of carbonyl (C=O) groups is 2. The van der Waals surface area contributed by atoms with Crippen LogP contribution in [0.4, 0.5) is 0 Å². The lowest BCUT2D eigenvalue weighted by Crippen LogP contribution is -2.51. The van der Waals surface area contributed by atoms with Crippen LogP contribution in [0.15, 0.2) is 60.1 Å². The Balaban J connectivity index is 1.63. The van der Waals surface area contributed by atoms with E-state index in [1.54, 1.807) is 34.9 Å². The summed E-state index contributed by atoms with van der Waals surface area (Å²) < 4.78 is 6.98. The third kappa shape index (κ3) is 4.33. The molecule has 4 heterocycles. The van der Waals surface area contributed by atoms with E-state index < -0.39 is 11.3 Å². The fourth-order valence-electron chi connectivity index (χ4n) is 4.88. The van der Waals surface area contributed by atoms with Gasteiger partial charge in [0, 0.05) is 31.9 Å². The molecule has 174 valence electrons. The van der Waals surface area contributed by atoms with Gasteiger partial charge in [-0.1, -0.05) is 50.0 Å². The highest BCUT2D eigenvalue weighted by Gasteiger charge is 2.47. The van der Waals surface area contributed by atoms with Gasteiger partial charge in [0.05, 0.1) is 16.0 Å². The van der Waals surface area contributed by atoms with Gasteiger partial charge in [-0.3, -0.25) is 19.3 Å². The fraction of sp³-hybridized carbons (Fsp3) is 0.375. The highest BCUT2D eigenvalue weighted by Crippen LogP contribution is 2.35. The Labute approximate surface area is 195 Å². The number of pyridine rings is 1. The topological polar surface area (TPSA) is 83.9 Å². The van der Waals surface area contributed by atoms with Crippen molar-refractivity contribution >= 4 is 21.3 Å². The minimum Gasteiger partial charge on any atom is -0.474 e. The van der Waals surface area contributed by atoms with Crippen molar-refractivity contribution in [1.82, 2.24) is 19.7 Å². The molecule has 9 heteroatoms. The summed E-state index contributed by atoms with van der Waals surface area (Å²) in [5.41, 5.74) is 0.308. The molecule has 0 saturated carbocycles. The van der Waals surface area contributed by atoms with E-state index in [-0.39, 0.29) is 35.6 Å². The lowest BCUT2D eigenvalue weighted by molar-refractivity contribution is 0.0454. The van der Waals surface area contributed by atoms with E-state index in [0.29, 0.717) is 19.1 Å². The summed E-state index contributed by atoms with van der Waals surface area (Å²) in [6.45, 7) is 9.67. The molecule has 8 nitrogen and oxygen atoms in total. The van der Waals surface area contributed by atoms with Crippen molar-refractivity contribution in [3.63, 3.8) is 0 Å². The molecule has 0 bridgehead atoms. The number of nitrogens with one attached hydrogen (secondary N) is 1. The van der Waals surface area contributed by atoms with E-state index in [0.717, 1.165) is 31.4 Å². The lowest BCUT2D eigenvalue weighted by Gasteiger charge is -2.38. The second-order valence-electron chi connectivity index (χ2n) is 8.39. The third-order valence-electron chi connectivity index (χ3n) is 6.52. The Morgan fingerprint density at radius 1 is 1.24 bits per heavy atom. The minimum absolute atomic E-state index is 0.0595. The Hall–Kier alpha value is -2.96. The average molecular weight is 468 g/mol. The molecule has 2 saturated heterocycles. The van der Waals surface area contributed by atoms with Gasteiger partial charge in [0.25, 0.3) is 11.8 Å². The van der Waals surface area contributed by atoms with Crippen molar-refractivity contribution in [2.45, 2.75) is 38.0 Å². The second-order valence-corrected chi connectivity index (χ2v) is 8.63. The number of amides is 2. The van der Waals surface area contributed by atoms with Gasteiger partial charge in [0.1, 0.15) is 11.7 Å². The highest BCUT2D eigenvalue weighted by atomic mass is 31.0. The van der Waals surface area contributed by atoms with Crippen molar-refractivity contribution in [2.75, 3.05) is 19.6 Å². The Morgan fingerprint density at radius 2 is 2.06 bits per heavy atom. The van der Waals surface area contributed by atoms with Crippen LogP contribution in [0.25, 0.3) is 0 Å². The van der Waals surface area contributed by atoms with E-state index in [2.05, 4.69) is 23.4 Å². The number of hydrogen-bond donors (Lipinski definition) is 1. The molecule has 2 amide bonds. The van der Waals surface area contributed by atoms with Crippen LogP contribution >= 0.6 is 9.47 Å². The Bertz CT molecular complexity index is 1110. The second kappa shape index (κ2) is 9.89. The van der Waals surface area contributed by atoms with Crippen LogP contribution in [-0.2, 0) is 6.54 Å². The summed E-state index contributed by atoms with van der Waals surface area (Å²) in [5, 5.41) is 2.76. The molecule has 1 N–H and O–H groups in total. The van der Waals surface area contributed by atoms with Crippen LogP contribution in [0.2, 0.25) is 0 Å². The number of rotatable bonds is 7. The maximum absolute atomic E-state index is 13.4. The summed E-state index contributed by atoms with van der Waals surface area (Å²) in [4.78, 5) is 43.6. The number of carbonyl (C=O) groups excluding carboxylic acids is 2. The molecule has 0 aromatic carbocycles. The van der Waals surface area contributed by atoms with E-state index in [1.165, 1.54) is 6.20 Å². The molecule has 0 spiro atoms. The Morgan fingerprint density at radius 3 is 2.79 bits per heavy atom. The molecule has 4 rings (SSSR count). The van der Waals surface area contributed by atoms with Gasteiger partial charge >= 0.3 is 0 Å². The first-order chi connectivity index (χ1) is 16.0.